The standard InChI is InChI=1S/C24H21F4N3/c1-14-15(2)30-22-20(14)11-12-29-23(22)21(31-19-9-7-18(25)8-10-19)13-16-3-5-17(6-4-16)24(26,27)28/h3-12,21,30-31H,13H2,1-2H3. The van der Waals surface area contributed by atoms with Gasteiger partial charge in [0.25, 0.3) is 0 Å². The van der Waals surface area contributed by atoms with Crippen LogP contribution in [0.4, 0.5) is 23.2 Å². The Morgan fingerprint density at radius 2 is 1.65 bits per heavy atom. The zero-order valence-corrected chi connectivity index (χ0v) is 17.0. The number of nitrogens with zero attached hydrogens (tertiary/aromatic N) is 1. The van der Waals surface area contributed by atoms with Crippen molar-refractivity contribution in [1.82, 2.24) is 9.97 Å². The lowest BCUT2D eigenvalue weighted by Gasteiger charge is -2.21. The third-order valence-corrected chi connectivity index (χ3v) is 5.50. The maximum Gasteiger partial charge on any atom is 0.416 e. The van der Waals surface area contributed by atoms with E-state index in [0.29, 0.717) is 12.1 Å². The predicted molar refractivity (Wildman–Crippen MR) is 113 cm³/mol. The lowest BCUT2D eigenvalue weighted by atomic mass is 9.99. The molecule has 0 aliphatic rings. The van der Waals surface area contributed by atoms with Crippen molar-refractivity contribution in [2.45, 2.75) is 32.5 Å². The van der Waals surface area contributed by atoms with Gasteiger partial charge >= 0.3 is 6.18 Å². The minimum Gasteiger partial charge on any atom is -0.376 e. The number of nitrogens with one attached hydrogen (secondary N) is 2. The fourth-order valence-corrected chi connectivity index (χ4v) is 3.70. The predicted octanol–water partition coefficient (Wildman–Crippen LogP) is 6.73. The molecule has 31 heavy (non-hydrogen) atoms. The van der Waals surface area contributed by atoms with E-state index >= 15 is 0 Å². The molecule has 2 N–H and O–H groups in total. The molecular weight excluding hydrogens is 406 g/mol. The molecule has 3 nitrogen and oxygen atoms in total. The van der Waals surface area contributed by atoms with Gasteiger partial charge in [-0.3, -0.25) is 4.98 Å². The van der Waals surface area contributed by atoms with E-state index in [-0.39, 0.29) is 11.9 Å². The normalized spacial score (nSPS) is 12.8. The Morgan fingerprint density at radius 3 is 2.29 bits per heavy atom. The van der Waals surface area contributed by atoms with Crippen LogP contribution in [0, 0.1) is 19.7 Å². The van der Waals surface area contributed by atoms with Gasteiger partial charge < -0.3 is 10.3 Å². The Bertz CT molecular complexity index is 1190. The summed E-state index contributed by atoms with van der Waals surface area (Å²) in [5.41, 5.74) is 4.51. The number of H-pyrrole nitrogens is 1. The minimum atomic E-state index is -4.38. The van der Waals surface area contributed by atoms with Crippen LogP contribution in [0.15, 0.2) is 60.8 Å². The van der Waals surface area contributed by atoms with Crippen molar-refractivity contribution in [2.24, 2.45) is 0 Å². The second-order valence-corrected chi connectivity index (χ2v) is 7.60. The number of pyridine rings is 1. The highest BCUT2D eigenvalue weighted by atomic mass is 19.4. The van der Waals surface area contributed by atoms with Gasteiger partial charge in [-0.1, -0.05) is 12.1 Å². The van der Waals surface area contributed by atoms with E-state index in [4.69, 9.17) is 0 Å². The highest BCUT2D eigenvalue weighted by molar-refractivity contribution is 5.86. The van der Waals surface area contributed by atoms with Gasteiger partial charge in [-0.05, 0) is 73.9 Å². The molecule has 0 amide bonds. The van der Waals surface area contributed by atoms with Gasteiger partial charge in [0.05, 0.1) is 22.8 Å². The molecule has 1 atom stereocenters. The van der Waals surface area contributed by atoms with E-state index in [1.165, 1.54) is 24.3 Å². The second kappa shape index (κ2) is 8.06. The fourth-order valence-electron chi connectivity index (χ4n) is 3.70. The van der Waals surface area contributed by atoms with E-state index < -0.39 is 11.7 Å². The topological polar surface area (TPSA) is 40.7 Å². The number of aromatic amines is 1. The molecule has 0 aliphatic carbocycles. The Balaban J connectivity index is 1.73. The van der Waals surface area contributed by atoms with Gasteiger partial charge in [-0.2, -0.15) is 13.2 Å². The number of alkyl halides is 3. The monoisotopic (exact) mass is 427 g/mol. The van der Waals surface area contributed by atoms with Gasteiger partial charge in [0.1, 0.15) is 5.82 Å². The van der Waals surface area contributed by atoms with Crippen LogP contribution in [-0.2, 0) is 12.6 Å². The first kappa shape index (κ1) is 20.9. The summed E-state index contributed by atoms with van der Waals surface area (Å²) in [4.78, 5) is 7.95. The summed E-state index contributed by atoms with van der Waals surface area (Å²) in [6.07, 6.45) is -2.25. The summed E-state index contributed by atoms with van der Waals surface area (Å²) in [6.45, 7) is 4.01. The number of rotatable bonds is 5. The van der Waals surface area contributed by atoms with Crippen LogP contribution >= 0.6 is 0 Å². The highest BCUT2D eigenvalue weighted by Crippen LogP contribution is 2.32. The van der Waals surface area contributed by atoms with Crippen LogP contribution in [0.1, 0.15) is 34.1 Å². The van der Waals surface area contributed by atoms with E-state index in [1.54, 1.807) is 18.3 Å². The van der Waals surface area contributed by atoms with Gasteiger partial charge in [0.15, 0.2) is 0 Å². The maximum atomic E-state index is 13.3. The van der Waals surface area contributed by atoms with Gasteiger partial charge in [-0.15, -0.1) is 0 Å². The van der Waals surface area contributed by atoms with Crippen LogP contribution in [0.2, 0.25) is 0 Å². The number of aromatic nitrogens is 2. The van der Waals surface area contributed by atoms with Crippen molar-refractivity contribution in [3.05, 3.63) is 94.7 Å². The third-order valence-electron chi connectivity index (χ3n) is 5.50. The molecule has 4 rings (SSSR count). The molecular formula is C24H21F4N3. The number of hydrogen-bond donors (Lipinski definition) is 2. The average molecular weight is 427 g/mol. The van der Waals surface area contributed by atoms with Crippen molar-refractivity contribution in [2.75, 3.05) is 5.32 Å². The van der Waals surface area contributed by atoms with Crippen LogP contribution in [0.3, 0.4) is 0 Å². The SMILES string of the molecule is Cc1[nH]c2c(C(Cc3ccc(C(F)(F)F)cc3)Nc3ccc(F)cc3)nccc2c1C. The van der Waals surface area contributed by atoms with Gasteiger partial charge in [0, 0.05) is 23.0 Å². The molecule has 2 aromatic heterocycles. The van der Waals surface area contributed by atoms with Crippen molar-refractivity contribution < 1.29 is 17.6 Å². The number of aryl methyl sites for hydroxylation is 2. The number of benzene rings is 2. The van der Waals surface area contributed by atoms with Crippen molar-refractivity contribution in [3.63, 3.8) is 0 Å². The number of halogens is 4. The van der Waals surface area contributed by atoms with Gasteiger partial charge in [-0.25, -0.2) is 4.39 Å². The maximum absolute atomic E-state index is 13.3. The van der Waals surface area contributed by atoms with Crippen LogP contribution in [0.5, 0.6) is 0 Å². The highest BCUT2D eigenvalue weighted by Gasteiger charge is 2.30. The molecule has 0 fully saturated rings. The first-order valence-corrected chi connectivity index (χ1v) is 9.84. The van der Waals surface area contributed by atoms with Crippen LogP contribution in [0.25, 0.3) is 10.9 Å². The van der Waals surface area contributed by atoms with E-state index in [9.17, 15) is 17.6 Å². The lowest BCUT2D eigenvalue weighted by molar-refractivity contribution is -0.137. The number of anilines is 1. The Kier molecular flexibility index (Phi) is 5.43. The summed E-state index contributed by atoms with van der Waals surface area (Å²) < 4.78 is 52.1. The van der Waals surface area contributed by atoms with Crippen LogP contribution in [-0.4, -0.2) is 9.97 Å². The molecule has 2 heterocycles. The average Bonchev–Trinajstić information content (AvgIpc) is 3.03. The fraction of sp³-hybridized carbons (Fsp3) is 0.208. The molecule has 2 aromatic carbocycles. The summed E-state index contributed by atoms with van der Waals surface area (Å²) in [6, 6.07) is 12.7. The molecule has 160 valence electrons. The zero-order chi connectivity index (χ0) is 22.2. The summed E-state index contributed by atoms with van der Waals surface area (Å²) in [5.74, 6) is -0.347. The lowest BCUT2D eigenvalue weighted by Crippen LogP contribution is -2.16. The smallest absolute Gasteiger partial charge is 0.376 e. The Labute approximate surface area is 177 Å². The molecule has 0 bridgehead atoms. The first-order valence-electron chi connectivity index (χ1n) is 9.84. The molecule has 0 aliphatic heterocycles. The van der Waals surface area contributed by atoms with E-state index in [2.05, 4.69) is 15.3 Å². The quantitative estimate of drug-likeness (QED) is 0.347. The summed E-state index contributed by atoms with van der Waals surface area (Å²) in [5, 5.41) is 4.41. The number of hydrogen-bond acceptors (Lipinski definition) is 2. The van der Waals surface area contributed by atoms with E-state index in [1.807, 2.05) is 19.9 Å². The molecule has 0 radical (unpaired) electrons. The third kappa shape index (κ3) is 4.40. The van der Waals surface area contributed by atoms with Crippen LogP contribution < -0.4 is 5.32 Å². The molecule has 7 heteroatoms. The molecule has 0 spiro atoms. The Morgan fingerprint density at radius 1 is 0.968 bits per heavy atom. The molecule has 4 aromatic rings. The van der Waals surface area contributed by atoms with Crippen molar-refractivity contribution in [1.29, 1.82) is 0 Å². The molecule has 0 saturated heterocycles. The number of fused-ring (bicyclic) bond motifs is 1. The summed E-state index contributed by atoms with van der Waals surface area (Å²) >= 11 is 0. The van der Waals surface area contributed by atoms with Gasteiger partial charge in [0.2, 0.25) is 0 Å². The second-order valence-electron chi connectivity index (χ2n) is 7.60. The largest absolute Gasteiger partial charge is 0.416 e. The summed E-state index contributed by atoms with van der Waals surface area (Å²) in [7, 11) is 0. The minimum absolute atomic E-state index is 0.344. The van der Waals surface area contributed by atoms with E-state index in [0.717, 1.165) is 45.6 Å². The molecule has 0 saturated carbocycles. The Hall–Kier alpha value is -3.35. The zero-order valence-electron chi connectivity index (χ0n) is 17.0. The molecule has 1 unspecified atom stereocenters. The first-order chi connectivity index (χ1) is 14.7. The van der Waals surface area contributed by atoms with Crippen molar-refractivity contribution in [3.8, 4) is 0 Å². The van der Waals surface area contributed by atoms with Crippen molar-refractivity contribution >= 4 is 16.6 Å².